The number of carbonyl (C=O) groups excluding carboxylic acids is 2. The van der Waals surface area contributed by atoms with Crippen molar-refractivity contribution in [1.29, 1.82) is 0 Å². The summed E-state index contributed by atoms with van der Waals surface area (Å²) in [7, 11) is 3.95. The number of fused-ring (bicyclic) bond motifs is 2. The van der Waals surface area contributed by atoms with Crippen LogP contribution in [0.25, 0.3) is 22.0 Å². The third-order valence-corrected chi connectivity index (χ3v) is 6.69. The molecule has 0 spiro atoms. The highest BCUT2D eigenvalue weighted by Crippen LogP contribution is 2.35. The highest BCUT2D eigenvalue weighted by atomic mass is 16.7. The summed E-state index contributed by atoms with van der Waals surface area (Å²) < 4.78 is 16.3. The molecular formula is C32H26N4O5. The number of H-pyrrole nitrogens is 1. The molecule has 9 heteroatoms. The van der Waals surface area contributed by atoms with Gasteiger partial charge in [0.25, 0.3) is 5.91 Å². The first-order chi connectivity index (χ1) is 20.0. The van der Waals surface area contributed by atoms with Gasteiger partial charge in [-0.1, -0.05) is 42.5 Å². The van der Waals surface area contributed by atoms with Gasteiger partial charge in [0, 0.05) is 41.8 Å². The van der Waals surface area contributed by atoms with Gasteiger partial charge in [-0.25, -0.2) is 10.2 Å². The molecule has 2 N–H and O–H groups in total. The molecule has 4 aromatic carbocycles. The fourth-order valence-electron chi connectivity index (χ4n) is 4.61. The molecule has 0 fully saturated rings. The molecule has 0 unspecified atom stereocenters. The van der Waals surface area contributed by atoms with Crippen LogP contribution in [0.1, 0.15) is 26.4 Å². The first-order valence-electron chi connectivity index (χ1n) is 12.9. The Morgan fingerprint density at radius 2 is 1.71 bits per heavy atom. The Morgan fingerprint density at radius 3 is 2.54 bits per heavy atom. The number of ether oxygens (including phenoxy) is 3. The summed E-state index contributed by atoms with van der Waals surface area (Å²) in [5, 5.41) is 5.10. The van der Waals surface area contributed by atoms with Crippen LogP contribution in [-0.2, 0) is 0 Å². The average molecular weight is 547 g/mol. The number of nitrogens with one attached hydrogen (secondary N) is 2. The topological polar surface area (TPSA) is 105 Å². The second-order valence-electron chi connectivity index (χ2n) is 9.56. The van der Waals surface area contributed by atoms with Crippen molar-refractivity contribution in [1.82, 2.24) is 10.4 Å². The fourth-order valence-corrected chi connectivity index (χ4v) is 4.61. The van der Waals surface area contributed by atoms with Crippen molar-refractivity contribution in [3.63, 3.8) is 0 Å². The molecule has 0 aliphatic carbocycles. The van der Waals surface area contributed by atoms with Crippen LogP contribution in [0, 0.1) is 0 Å². The number of esters is 1. The molecular weight excluding hydrogens is 520 g/mol. The normalized spacial score (nSPS) is 12.0. The van der Waals surface area contributed by atoms with Gasteiger partial charge in [-0.15, -0.1) is 0 Å². The van der Waals surface area contributed by atoms with Gasteiger partial charge in [0.1, 0.15) is 11.4 Å². The summed E-state index contributed by atoms with van der Waals surface area (Å²) in [5.41, 5.74) is 7.39. The molecule has 0 saturated carbocycles. The third-order valence-electron chi connectivity index (χ3n) is 6.69. The Hall–Kier alpha value is -5.57. The second-order valence-corrected chi connectivity index (χ2v) is 9.56. The summed E-state index contributed by atoms with van der Waals surface area (Å²) >= 11 is 0. The number of para-hydroxylation sites is 1. The Kier molecular flexibility index (Phi) is 6.83. The standard InChI is InChI=1S/C32H26N4O5/c1-36(2)23-13-14-25-24(17-23)29(20-8-4-3-5-9-20)30(34-25)31(37)35-33-18-22-10-6-7-11-26(22)41-32(38)21-12-15-27-28(16-21)40-19-39-27/h3-18,34H,19H2,1-2H3,(H,35,37). The van der Waals surface area contributed by atoms with E-state index < -0.39 is 11.9 Å². The number of hydrazone groups is 1. The molecule has 6 rings (SSSR count). The number of hydrogen-bond acceptors (Lipinski definition) is 7. The number of aromatic nitrogens is 1. The number of rotatable bonds is 7. The average Bonchev–Trinajstić information content (AvgIpc) is 3.62. The fraction of sp³-hybridized carbons (Fsp3) is 0.0938. The van der Waals surface area contributed by atoms with Crippen LogP contribution in [-0.4, -0.2) is 44.0 Å². The quantitative estimate of drug-likeness (QED) is 0.119. The highest BCUT2D eigenvalue weighted by molar-refractivity contribution is 6.10. The van der Waals surface area contributed by atoms with Gasteiger partial charge in [0.15, 0.2) is 11.5 Å². The van der Waals surface area contributed by atoms with Crippen molar-refractivity contribution in [2.45, 2.75) is 0 Å². The summed E-state index contributed by atoms with van der Waals surface area (Å²) in [6, 6.07) is 27.5. The van der Waals surface area contributed by atoms with Crippen molar-refractivity contribution in [2.24, 2.45) is 5.10 Å². The maximum absolute atomic E-state index is 13.4. The lowest BCUT2D eigenvalue weighted by Gasteiger charge is -2.12. The van der Waals surface area contributed by atoms with Crippen LogP contribution in [0.3, 0.4) is 0 Å². The molecule has 0 radical (unpaired) electrons. The van der Waals surface area contributed by atoms with E-state index in [1.807, 2.05) is 61.5 Å². The van der Waals surface area contributed by atoms with Crippen molar-refractivity contribution in [2.75, 3.05) is 25.8 Å². The lowest BCUT2D eigenvalue weighted by atomic mass is 10.0. The van der Waals surface area contributed by atoms with Gasteiger partial charge in [-0.3, -0.25) is 4.79 Å². The van der Waals surface area contributed by atoms with Gasteiger partial charge in [-0.2, -0.15) is 5.10 Å². The molecule has 204 valence electrons. The van der Waals surface area contributed by atoms with Crippen molar-refractivity contribution in [3.8, 4) is 28.4 Å². The summed E-state index contributed by atoms with van der Waals surface area (Å²) in [4.78, 5) is 31.5. The van der Waals surface area contributed by atoms with Crippen molar-refractivity contribution < 1.29 is 23.8 Å². The van der Waals surface area contributed by atoms with Gasteiger partial charge >= 0.3 is 5.97 Å². The Balaban J connectivity index is 1.24. The number of hydrogen-bond donors (Lipinski definition) is 2. The maximum atomic E-state index is 13.4. The molecule has 2 heterocycles. The third kappa shape index (κ3) is 5.20. The van der Waals surface area contributed by atoms with E-state index in [1.54, 1.807) is 42.5 Å². The smallest absolute Gasteiger partial charge is 0.343 e. The molecule has 1 aliphatic heterocycles. The summed E-state index contributed by atoms with van der Waals surface area (Å²) in [5.74, 6) is 0.392. The lowest BCUT2D eigenvalue weighted by molar-refractivity contribution is 0.0733. The molecule has 0 atom stereocenters. The van der Waals surface area contributed by atoms with E-state index in [2.05, 4.69) is 21.6 Å². The van der Waals surface area contributed by atoms with E-state index in [-0.39, 0.29) is 6.79 Å². The molecule has 1 amide bonds. The largest absolute Gasteiger partial charge is 0.454 e. The minimum atomic E-state index is -0.559. The van der Waals surface area contributed by atoms with Crippen molar-refractivity contribution in [3.05, 3.63) is 108 Å². The lowest BCUT2D eigenvalue weighted by Crippen LogP contribution is -2.19. The summed E-state index contributed by atoms with van der Waals surface area (Å²) in [6.07, 6.45) is 1.44. The molecule has 41 heavy (non-hydrogen) atoms. The van der Waals surface area contributed by atoms with E-state index in [9.17, 15) is 9.59 Å². The van der Waals surface area contributed by atoms with E-state index in [0.717, 1.165) is 27.7 Å². The molecule has 1 aromatic heterocycles. The van der Waals surface area contributed by atoms with Gasteiger partial charge in [0.2, 0.25) is 6.79 Å². The highest BCUT2D eigenvalue weighted by Gasteiger charge is 2.20. The van der Waals surface area contributed by atoms with Gasteiger partial charge in [-0.05, 0) is 54.1 Å². The molecule has 9 nitrogen and oxygen atoms in total. The Morgan fingerprint density at radius 1 is 0.927 bits per heavy atom. The number of anilines is 1. The predicted octanol–water partition coefficient (Wildman–Crippen LogP) is 5.61. The van der Waals surface area contributed by atoms with Gasteiger partial charge in [0.05, 0.1) is 11.8 Å². The minimum absolute atomic E-state index is 0.112. The first-order valence-corrected chi connectivity index (χ1v) is 12.9. The van der Waals surface area contributed by atoms with Crippen LogP contribution >= 0.6 is 0 Å². The number of amides is 1. The van der Waals surface area contributed by atoms with Crippen LogP contribution in [0.2, 0.25) is 0 Å². The second kappa shape index (κ2) is 10.9. The van der Waals surface area contributed by atoms with Crippen LogP contribution in [0.15, 0.2) is 96.1 Å². The summed E-state index contributed by atoms with van der Waals surface area (Å²) in [6.45, 7) is 0.112. The first kappa shape index (κ1) is 25.7. The zero-order valence-electron chi connectivity index (χ0n) is 22.4. The van der Waals surface area contributed by atoms with Crippen LogP contribution < -0.4 is 24.5 Å². The number of benzene rings is 4. The Labute approximate surface area is 236 Å². The Bertz CT molecular complexity index is 1790. The molecule has 0 bridgehead atoms. The van der Waals surface area contributed by atoms with E-state index in [4.69, 9.17) is 14.2 Å². The SMILES string of the molecule is CN(C)c1ccc2[nH]c(C(=O)NN=Cc3ccccc3OC(=O)c3ccc4c(c3)OCO4)c(-c3ccccc3)c2c1. The number of nitrogens with zero attached hydrogens (tertiary/aromatic N) is 2. The number of aromatic amines is 1. The monoisotopic (exact) mass is 546 g/mol. The number of carbonyl (C=O) groups is 2. The zero-order valence-corrected chi connectivity index (χ0v) is 22.4. The maximum Gasteiger partial charge on any atom is 0.343 e. The molecule has 5 aromatic rings. The molecule has 1 aliphatic rings. The predicted molar refractivity (Wildman–Crippen MR) is 157 cm³/mol. The van der Waals surface area contributed by atoms with Crippen LogP contribution in [0.5, 0.6) is 17.2 Å². The van der Waals surface area contributed by atoms with E-state index >= 15 is 0 Å². The zero-order chi connectivity index (χ0) is 28.3. The van der Waals surface area contributed by atoms with E-state index in [1.165, 1.54) is 6.21 Å². The minimum Gasteiger partial charge on any atom is -0.454 e. The van der Waals surface area contributed by atoms with E-state index in [0.29, 0.717) is 34.1 Å². The van der Waals surface area contributed by atoms with Crippen LogP contribution in [0.4, 0.5) is 5.69 Å². The van der Waals surface area contributed by atoms with Gasteiger partial charge < -0.3 is 24.1 Å². The van der Waals surface area contributed by atoms with Crippen molar-refractivity contribution >= 4 is 34.7 Å². The molecule has 0 saturated heterocycles.